The van der Waals surface area contributed by atoms with Crippen molar-refractivity contribution in [1.82, 2.24) is 4.57 Å². The smallest absolute Gasteiger partial charge is 0.0483 e. The van der Waals surface area contributed by atoms with Crippen molar-refractivity contribution in [2.24, 2.45) is 12.8 Å². The fraction of sp³-hybridized carbons (Fsp3) is 0.385. The number of aryl methyl sites for hydroxylation is 1. The van der Waals surface area contributed by atoms with Gasteiger partial charge in [-0.25, -0.2) is 0 Å². The molecule has 1 aromatic heterocycles. The molecule has 2 aromatic rings. The minimum atomic E-state index is 0.523. The first-order chi connectivity index (χ1) is 7.16. The van der Waals surface area contributed by atoms with E-state index in [1.54, 1.807) is 0 Å². The first-order valence-electron chi connectivity index (χ1n) is 5.43. The minimum absolute atomic E-state index is 0.523. The van der Waals surface area contributed by atoms with Gasteiger partial charge in [-0.1, -0.05) is 32.0 Å². The number of rotatable bonds is 2. The van der Waals surface area contributed by atoms with Crippen LogP contribution in [0.5, 0.6) is 0 Å². The number of nitrogens with zero attached hydrogens (tertiary/aromatic N) is 1. The molecule has 15 heavy (non-hydrogen) atoms. The van der Waals surface area contributed by atoms with Crippen LogP contribution in [0.1, 0.15) is 31.0 Å². The quantitative estimate of drug-likeness (QED) is 0.797. The van der Waals surface area contributed by atoms with Crippen molar-refractivity contribution in [3.8, 4) is 0 Å². The molecule has 2 rings (SSSR count). The van der Waals surface area contributed by atoms with Gasteiger partial charge in [0.1, 0.15) is 0 Å². The molecular formula is C13H18N2. The summed E-state index contributed by atoms with van der Waals surface area (Å²) >= 11 is 0. The summed E-state index contributed by atoms with van der Waals surface area (Å²) < 4.78 is 2.21. The second-order valence-electron chi connectivity index (χ2n) is 4.30. The van der Waals surface area contributed by atoms with Crippen molar-refractivity contribution < 1.29 is 0 Å². The van der Waals surface area contributed by atoms with Crippen LogP contribution < -0.4 is 5.73 Å². The van der Waals surface area contributed by atoms with Gasteiger partial charge in [0.05, 0.1) is 0 Å². The van der Waals surface area contributed by atoms with Gasteiger partial charge in [0.15, 0.2) is 0 Å². The summed E-state index contributed by atoms with van der Waals surface area (Å²) in [6.07, 6.45) is 0. The van der Waals surface area contributed by atoms with Gasteiger partial charge >= 0.3 is 0 Å². The van der Waals surface area contributed by atoms with Crippen LogP contribution in [0.15, 0.2) is 24.3 Å². The molecule has 0 aliphatic carbocycles. The Morgan fingerprint density at radius 2 is 1.93 bits per heavy atom. The monoisotopic (exact) mass is 202 g/mol. The molecule has 2 heteroatoms. The van der Waals surface area contributed by atoms with Crippen molar-refractivity contribution in [2.45, 2.75) is 26.3 Å². The number of hydrogen-bond donors (Lipinski definition) is 1. The molecule has 0 unspecified atom stereocenters. The van der Waals surface area contributed by atoms with Gasteiger partial charge in [-0.3, -0.25) is 0 Å². The van der Waals surface area contributed by atoms with Crippen LogP contribution in [0.2, 0.25) is 0 Å². The molecular weight excluding hydrogens is 184 g/mol. The number of benzene rings is 1. The van der Waals surface area contributed by atoms with E-state index in [4.69, 9.17) is 5.73 Å². The maximum Gasteiger partial charge on any atom is 0.0483 e. The summed E-state index contributed by atoms with van der Waals surface area (Å²) in [6.45, 7) is 5.06. The van der Waals surface area contributed by atoms with Gasteiger partial charge < -0.3 is 10.3 Å². The first kappa shape index (κ1) is 10.2. The standard InChI is InChI=1S/C13H18N2/c1-9(2)13-10-6-4-5-7-11(10)15(3)12(13)8-14/h4-7,9H,8,14H2,1-3H3. The molecule has 1 aromatic carbocycles. The summed E-state index contributed by atoms with van der Waals surface area (Å²) in [6, 6.07) is 8.51. The number of fused-ring (bicyclic) bond motifs is 1. The lowest BCUT2D eigenvalue weighted by Crippen LogP contribution is -2.06. The first-order valence-corrected chi connectivity index (χ1v) is 5.43. The number of para-hydroxylation sites is 1. The van der Waals surface area contributed by atoms with E-state index >= 15 is 0 Å². The van der Waals surface area contributed by atoms with E-state index in [0.717, 1.165) is 0 Å². The number of nitrogens with two attached hydrogens (primary N) is 1. The summed E-state index contributed by atoms with van der Waals surface area (Å²) in [5, 5.41) is 1.34. The molecule has 0 aliphatic heterocycles. The van der Waals surface area contributed by atoms with E-state index in [0.29, 0.717) is 12.5 Å². The highest BCUT2D eigenvalue weighted by molar-refractivity contribution is 5.86. The molecule has 0 atom stereocenters. The van der Waals surface area contributed by atoms with E-state index in [-0.39, 0.29) is 0 Å². The average molecular weight is 202 g/mol. The topological polar surface area (TPSA) is 30.9 Å². The second-order valence-corrected chi connectivity index (χ2v) is 4.30. The van der Waals surface area contributed by atoms with Crippen LogP contribution in [-0.4, -0.2) is 4.57 Å². The van der Waals surface area contributed by atoms with Crippen LogP contribution in [0.4, 0.5) is 0 Å². The summed E-state index contributed by atoms with van der Waals surface area (Å²) in [4.78, 5) is 0. The fourth-order valence-electron chi connectivity index (χ4n) is 2.37. The lowest BCUT2D eigenvalue weighted by Gasteiger charge is -2.08. The van der Waals surface area contributed by atoms with Gasteiger partial charge in [0.2, 0.25) is 0 Å². The van der Waals surface area contributed by atoms with Gasteiger partial charge in [-0.15, -0.1) is 0 Å². The lowest BCUT2D eigenvalue weighted by atomic mass is 9.99. The molecule has 0 spiro atoms. The SMILES string of the molecule is CC(C)c1c(CN)n(C)c2ccccc12. The van der Waals surface area contributed by atoms with Crippen molar-refractivity contribution >= 4 is 10.9 Å². The Bertz CT molecular complexity index is 480. The molecule has 0 aliphatic rings. The van der Waals surface area contributed by atoms with E-state index in [1.807, 2.05) is 0 Å². The zero-order valence-electron chi connectivity index (χ0n) is 9.62. The molecule has 0 amide bonds. The molecule has 2 nitrogen and oxygen atoms in total. The van der Waals surface area contributed by atoms with Crippen molar-refractivity contribution in [3.63, 3.8) is 0 Å². The Balaban J connectivity index is 2.85. The minimum Gasteiger partial charge on any atom is -0.346 e. The van der Waals surface area contributed by atoms with Crippen LogP contribution in [-0.2, 0) is 13.6 Å². The zero-order chi connectivity index (χ0) is 11.0. The molecule has 0 saturated heterocycles. The summed E-state index contributed by atoms with van der Waals surface area (Å²) in [7, 11) is 2.09. The third kappa shape index (κ3) is 1.45. The molecule has 2 N–H and O–H groups in total. The fourth-order valence-corrected chi connectivity index (χ4v) is 2.37. The zero-order valence-corrected chi connectivity index (χ0v) is 9.62. The normalized spacial score (nSPS) is 11.5. The molecule has 0 radical (unpaired) electrons. The van der Waals surface area contributed by atoms with Crippen LogP contribution in [0.25, 0.3) is 10.9 Å². The Kier molecular flexibility index (Phi) is 2.53. The molecule has 0 bridgehead atoms. The predicted octanol–water partition coefficient (Wildman–Crippen LogP) is 2.76. The Morgan fingerprint density at radius 1 is 1.27 bits per heavy atom. The maximum atomic E-state index is 5.83. The van der Waals surface area contributed by atoms with Crippen LogP contribution in [0.3, 0.4) is 0 Å². The number of hydrogen-bond acceptors (Lipinski definition) is 1. The van der Waals surface area contributed by atoms with Gasteiger partial charge in [-0.05, 0) is 17.5 Å². The highest BCUT2D eigenvalue weighted by atomic mass is 15.0. The average Bonchev–Trinajstić information content (AvgIpc) is 2.52. The van der Waals surface area contributed by atoms with E-state index in [1.165, 1.54) is 22.2 Å². The summed E-state index contributed by atoms with van der Waals surface area (Å²) in [5.41, 5.74) is 9.77. The third-order valence-electron chi connectivity index (χ3n) is 3.04. The Hall–Kier alpha value is -1.28. The van der Waals surface area contributed by atoms with Gasteiger partial charge in [0, 0.05) is 30.2 Å². The predicted molar refractivity (Wildman–Crippen MR) is 64.9 cm³/mol. The highest BCUT2D eigenvalue weighted by Crippen LogP contribution is 2.30. The third-order valence-corrected chi connectivity index (χ3v) is 3.04. The van der Waals surface area contributed by atoms with Crippen LogP contribution in [0, 0.1) is 0 Å². The van der Waals surface area contributed by atoms with Gasteiger partial charge in [0.25, 0.3) is 0 Å². The Labute approximate surface area is 90.7 Å². The van der Waals surface area contributed by atoms with Crippen molar-refractivity contribution in [1.29, 1.82) is 0 Å². The van der Waals surface area contributed by atoms with Gasteiger partial charge in [-0.2, -0.15) is 0 Å². The second kappa shape index (κ2) is 3.70. The van der Waals surface area contributed by atoms with Crippen LogP contribution >= 0.6 is 0 Å². The Morgan fingerprint density at radius 3 is 2.53 bits per heavy atom. The van der Waals surface area contributed by atoms with E-state index in [2.05, 4.69) is 49.7 Å². The van der Waals surface area contributed by atoms with Crippen molar-refractivity contribution in [3.05, 3.63) is 35.5 Å². The molecule has 0 fully saturated rings. The molecule has 80 valence electrons. The lowest BCUT2D eigenvalue weighted by molar-refractivity contribution is 0.788. The number of aromatic nitrogens is 1. The largest absolute Gasteiger partial charge is 0.346 e. The highest BCUT2D eigenvalue weighted by Gasteiger charge is 2.15. The van der Waals surface area contributed by atoms with E-state index < -0.39 is 0 Å². The maximum absolute atomic E-state index is 5.83. The molecule has 1 heterocycles. The summed E-state index contributed by atoms with van der Waals surface area (Å²) in [5.74, 6) is 0.523. The van der Waals surface area contributed by atoms with Crippen molar-refractivity contribution in [2.75, 3.05) is 0 Å². The molecule has 0 saturated carbocycles. The van der Waals surface area contributed by atoms with E-state index in [9.17, 15) is 0 Å².